The van der Waals surface area contributed by atoms with E-state index in [4.69, 9.17) is 21.8 Å². The fourth-order valence-corrected chi connectivity index (χ4v) is 2.45. The van der Waals surface area contributed by atoms with E-state index >= 15 is 0 Å². The van der Waals surface area contributed by atoms with Gasteiger partial charge < -0.3 is 15.5 Å². The number of nitrogens with two attached hydrogens (primary N) is 1. The first-order chi connectivity index (χ1) is 9.13. The highest BCUT2D eigenvalue weighted by Crippen LogP contribution is 2.30. The lowest BCUT2D eigenvalue weighted by molar-refractivity contribution is 0.623. The third-order valence-corrected chi connectivity index (χ3v) is 3.43. The Morgan fingerprint density at radius 2 is 2.11 bits per heavy atom. The minimum atomic E-state index is 0.358. The Morgan fingerprint density at radius 3 is 2.84 bits per heavy atom. The van der Waals surface area contributed by atoms with E-state index in [0.29, 0.717) is 27.8 Å². The third-order valence-electron chi connectivity index (χ3n) is 2.62. The predicted molar refractivity (Wildman–Crippen MR) is 80.9 cm³/mol. The molecule has 0 aliphatic rings. The van der Waals surface area contributed by atoms with Gasteiger partial charge in [0.1, 0.15) is 5.52 Å². The van der Waals surface area contributed by atoms with Crippen molar-refractivity contribution in [2.45, 2.75) is 0 Å². The molecule has 3 rings (SSSR count). The summed E-state index contributed by atoms with van der Waals surface area (Å²) in [5.74, 6) is 0. The van der Waals surface area contributed by atoms with Gasteiger partial charge in [0.25, 0.3) is 6.01 Å². The summed E-state index contributed by atoms with van der Waals surface area (Å²) in [4.78, 5) is 4.30. The first-order valence-corrected chi connectivity index (χ1v) is 6.68. The Bertz CT molecular complexity index is 757. The van der Waals surface area contributed by atoms with Gasteiger partial charge in [-0.25, -0.2) is 0 Å². The maximum atomic E-state index is 6.12. The largest absolute Gasteiger partial charge is 0.423 e. The van der Waals surface area contributed by atoms with Crippen LogP contribution in [-0.4, -0.2) is 4.98 Å². The molecule has 1 heterocycles. The molecule has 2 aromatic carbocycles. The number of nitrogen functional groups attached to an aromatic ring is 1. The van der Waals surface area contributed by atoms with Gasteiger partial charge in [0.15, 0.2) is 5.58 Å². The molecule has 0 radical (unpaired) electrons. The van der Waals surface area contributed by atoms with Crippen molar-refractivity contribution in [3.8, 4) is 0 Å². The van der Waals surface area contributed by atoms with E-state index in [2.05, 4.69) is 26.2 Å². The highest BCUT2D eigenvalue weighted by atomic mass is 79.9. The maximum Gasteiger partial charge on any atom is 0.300 e. The molecule has 3 aromatic rings. The summed E-state index contributed by atoms with van der Waals surface area (Å²) < 4.78 is 6.47. The fraction of sp³-hybridized carbons (Fsp3) is 0. The van der Waals surface area contributed by atoms with Gasteiger partial charge in [-0.15, -0.1) is 0 Å². The van der Waals surface area contributed by atoms with Crippen molar-refractivity contribution in [1.29, 1.82) is 0 Å². The first-order valence-electron chi connectivity index (χ1n) is 5.50. The van der Waals surface area contributed by atoms with E-state index < -0.39 is 0 Å². The minimum Gasteiger partial charge on any atom is -0.423 e. The van der Waals surface area contributed by atoms with Crippen LogP contribution >= 0.6 is 27.5 Å². The topological polar surface area (TPSA) is 64.1 Å². The van der Waals surface area contributed by atoms with Gasteiger partial charge in [-0.1, -0.05) is 33.6 Å². The molecule has 0 atom stereocenters. The molecule has 96 valence electrons. The number of nitrogens with zero attached hydrogens (tertiary/aromatic N) is 1. The van der Waals surface area contributed by atoms with Crippen LogP contribution in [0, 0.1) is 0 Å². The molecule has 3 N–H and O–H groups in total. The average Bonchev–Trinajstić information content (AvgIpc) is 2.77. The summed E-state index contributed by atoms with van der Waals surface area (Å²) in [6.07, 6.45) is 0. The van der Waals surface area contributed by atoms with Crippen molar-refractivity contribution in [3.63, 3.8) is 0 Å². The standard InChI is InChI=1S/C13H9BrClN3O/c14-7-4-5-10(8(15)6-7)17-13-18-12-9(16)2-1-3-11(12)19-13/h1-6H,16H2,(H,17,18). The molecule has 0 saturated carbocycles. The Hall–Kier alpha value is -1.72. The van der Waals surface area contributed by atoms with Crippen molar-refractivity contribution in [1.82, 2.24) is 4.98 Å². The van der Waals surface area contributed by atoms with Crippen molar-refractivity contribution in [2.75, 3.05) is 11.1 Å². The summed E-state index contributed by atoms with van der Waals surface area (Å²) in [6, 6.07) is 11.3. The number of oxazole rings is 1. The molecular formula is C13H9BrClN3O. The summed E-state index contributed by atoms with van der Waals surface area (Å²) in [6.45, 7) is 0. The molecule has 0 aliphatic carbocycles. The number of aromatic nitrogens is 1. The van der Waals surface area contributed by atoms with Crippen molar-refractivity contribution < 1.29 is 4.42 Å². The lowest BCUT2D eigenvalue weighted by Crippen LogP contribution is -1.91. The number of hydrogen-bond donors (Lipinski definition) is 2. The van der Waals surface area contributed by atoms with Gasteiger partial charge in [-0.2, -0.15) is 4.98 Å². The molecule has 1 aromatic heterocycles. The van der Waals surface area contributed by atoms with Crippen LogP contribution in [-0.2, 0) is 0 Å². The summed E-state index contributed by atoms with van der Waals surface area (Å²) in [5.41, 5.74) is 8.40. The Labute approximate surface area is 122 Å². The second kappa shape index (κ2) is 4.75. The van der Waals surface area contributed by atoms with E-state index in [-0.39, 0.29) is 0 Å². The van der Waals surface area contributed by atoms with Gasteiger partial charge >= 0.3 is 0 Å². The number of anilines is 3. The summed E-state index contributed by atoms with van der Waals surface area (Å²) >= 11 is 9.47. The van der Waals surface area contributed by atoms with E-state index in [0.717, 1.165) is 10.2 Å². The summed E-state index contributed by atoms with van der Waals surface area (Å²) in [5, 5.41) is 3.60. The quantitative estimate of drug-likeness (QED) is 0.672. The zero-order chi connectivity index (χ0) is 13.4. The van der Waals surface area contributed by atoms with Gasteiger partial charge in [0.2, 0.25) is 0 Å². The van der Waals surface area contributed by atoms with Crippen molar-refractivity contribution in [2.24, 2.45) is 0 Å². The van der Waals surface area contributed by atoms with Crippen LogP contribution in [0.4, 0.5) is 17.4 Å². The number of rotatable bonds is 2. The SMILES string of the molecule is Nc1cccc2oc(Nc3ccc(Br)cc3Cl)nc12. The molecule has 0 bridgehead atoms. The predicted octanol–water partition coefficient (Wildman–Crippen LogP) is 4.57. The van der Waals surface area contributed by atoms with E-state index in [1.807, 2.05) is 24.3 Å². The number of halogens is 2. The molecule has 0 fully saturated rings. The van der Waals surface area contributed by atoms with Crippen LogP contribution in [0.15, 0.2) is 45.3 Å². The van der Waals surface area contributed by atoms with Crippen molar-refractivity contribution >= 4 is 56.0 Å². The van der Waals surface area contributed by atoms with Crippen LogP contribution in [0.25, 0.3) is 11.1 Å². The number of benzene rings is 2. The third kappa shape index (κ3) is 2.39. The van der Waals surface area contributed by atoms with Gasteiger partial charge in [-0.05, 0) is 30.3 Å². The molecule has 4 nitrogen and oxygen atoms in total. The lowest BCUT2D eigenvalue weighted by Gasteiger charge is -2.04. The molecule has 0 aliphatic heterocycles. The van der Waals surface area contributed by atoms with Crippen LogP contribution in [0.3, 0.4) is 0 Å². The van der Waals surface area contributed by atoms with Crippen LogP contribution in [0.2, 0.25) is 5.02 Å². The Balaban J connectivity index is 1.99. The van der Waals surface area contributed by atoms with Crippen molar-refractivity contribution in [3.05, 3.63) is 45.9 Å². The number of hydrogen-bond acceptors (Lipinski definition) is 4. The number of nitrogens with one attached hydrogen (secondary N) is 1. The first kappa shape index (κ1) is 12.3. The molecule has 0 saturated heterocycles. The highest BCUT2D eigenvalue weighted by molar-refractivity contribution is 9.10. The van der Waals surface area contributed by atoms with Crippen LogP contribution < -0.4 is 11.1 Å². The van der Waals surface area contributed by atoms with Crippen LogP contribution in [0.1, 0.15) is 0 Å². The zero-order valence-electron chi connectivity index (χ0n) is 9.65. The Kier molecular flexibility index (Phi) is 3.08. The molecule has 0 amide bonds. The Morgan fingerprint density at radius 1 is 1.26 bits per heavy atom. The van der Waals surface area contributed by atoms with E-state index in [9.17, 15) is 0 Å². The van der Waals surface area contributed by atoms with E-state index in [1.165, 1.54) is 0 Å². The molecule has 19 heavy (non-hydrogen) atoms. The fourth-order valence-electron chi connectivity index (χ4n) is 1.73. The van der Waals surface area contributed by atoms with E-state index in [1.54, 1.807) is 12.1 Å². The minimum absolute atomic E-state index is 0.358. The highest BCUT2D eigenvalue weighted by Gasteiger charge is 2.09. The second-order valence-corrected chi connectivity index (χ2v) is 5.29. The number of fused-ring (bicyclic) bond motifs is 1. The number of para-hydroxylation sites is 1. The molecule has 0 unspecified atom stereocenters. The average molecular weight is 339 g/mol. The maximum absolute atomic E-state index is 6.12. The second-order valence-electron chi connectivity index (χ2n) is 3.96. The zero-order valence-corrected chi connectivity index (χ0v) is 12.0. The van der Waals surface area contributed by atoms with Gasteiger partial charge in [0.05, 0.1) is 16.4 Å². The van der Waals surface area contributed by atoms with Gasteiger partial charge in [-0.3, -0.25) is 0 Å². The smallest absolute Gasteiger partial charge is 0.300 e. The lowest BCUT2D eigenvalue weighted by atomic mass is 10.3. The molecule has 6 heteroatoms. The summed E-state index contributed by atoms with van der Waals surface area (Å²) in [7, 11) is 0. The monoisotopic (exact) mass is 337 g/mol. The molecule has 0 spiro atoms. The van der Waals surface area contributed by atoms with Gasteiger partial charge in [0, 0.05) is 4.47 Å². The normalized spacial score (nSPS) is 10.8. The van der Waals surface area contributed by atoms with Crippen LogP contribution in [0.5, 0.6) is 0 Å². The molecular weight excluding hydrogens is 330 g/mol.